The van der Waals surface area contributed by atoms with Crippen molar-refractivity contribution in [1.29, 1.82) is 0 Å². The van der Waals surface area contributed by atoms with E-state index < -0.39 is 0 Å². The summed E-state index contributed by atoms with van der Waals surface area (Å²) in [6.07, 6.45) is 9.74. The van der Waals surface area contributed by atoms with Crippen LogP contribution in [0.4, 0.5) is 5.13 Å². The Kier molecular flexibility index (Phi) is 6.88. The molecule has 164 valence electrons. The first-order valence-electron chi connectivity index (χ1n) is 11.6. The van der Waals surface area contributed by atoms with Crippen LogP contribution < -0.4 is 4.90 Å². The molecular formula is C23H35N5OS. The standard InChI is InChI=1S/C23H35N5OS/c1-5-17(6-2)28-15-16(4)20-19(28)14-24-22(26-20)21-18(7-3)25-23(30-21)27-10-8-12-29-13-9-11-27/h14-15,17,19-20H,5-13H2,1-4H3. The van der Waals surface area contributed by atoms with Gasteiger partial charge in [0.05, 0.1) is 16.6 Å². The van der Waals surface area contributed by atoms with Crippen molar-refractivity contribution < 1.29 is 4.74 Å². The average Bonchev–Trinajstić information content (AvgIpc) is 3.30. The number of fused-ring (bicyclic) bond motifs is 1. The van der Waals surface area contributed by atoms with Gasteiger partial charge in [-0.15, -0.1) is 0 Å². The second-order valence-electron chi connectivity index (χ2n) is 8.39. The quantitative estimate of drug-likeness (QED) is 0.677. The van der Waals surface area contributed by atoms with Crippen molar-refractivity contribution in [2.24, 2.45) is 9.98 Å². The highest BCUT2D eigenvalue weighted by Gasteiger charge is 2.37. The Bertz CT molecular complexity index is 818. The van der Waals surface area contributed by atoms with Crippen LogP contribution in [0, 0.1) is 0 Å². The molecule has 2 unspecified atom stereocenters. The van der Waals surface area contributed by atoms with Crippen LogP contribution in [0.5, 0.6) is 0 Å². The number of hydrogen-bond acceptors (Lipinski definition) is 7. The van der Waals surface area contributed by atoms with Crippen molar-refractivity contribution in [3.05, 3.63) is 22.3 Å². The highest BCUT2D eigenvalue weighted by molar-refractivity contribution is 7.17. The predicted octanol–water partition coefficient (Wildman–Crippen LogP) is 4.30. The number of aliphatic imine (C=N–C) groups is 2. The lowest BCUT2D eigenvalue weighted by atomic mass is 10.0. The Morgan fingerprint density at radius 1 is 1.17 bits per heavy atom. The summed E-state index contributed by atoms with van der Waals surface area (Å²) in [5.41, 5.74) is 2.46. The molecule has 0 bridgehead atoms. The third-order valence-corrected chi connectivity index (χ3v) is 7.54. The van der Waals surface area contributed by atoms with Gasteiger partial charge in [0, 0.05) is 44.8 Å². The summed E-state index contributed by atoms with van der Waals surface area (Å²) in [4.78, 5) is 21.0. The number of nitrogens with zero attached hydrogens (tertiary/aromatic N) is 5. The molecular weight excluding hydrogens is 394 g/mol. The van der Waals surface area contributed by atoms with Crippen LogP contribution in [0.2, 0.25) is 0 Å². The zero-order valence-electron chi connectivity index (χ0n) is 18.8. The van der Waals surface area contributed by atoms with Gasteiger partial charge in [0.1, 0.15) is 6.04 Å². The first-order chi connectivity index (χ1) is 14.7. The second-order valence-corrected chi connectivity index (χ2v) is 9.37. The van der Waals surface area contributed by atoms with Crippen LogP contribution in [-0.4, -0.2) is 66.4 Å². The van der Waals surface area contributed by atoms with Gasteiger partial charge in [-0.1, -0.05) is 32.1 Å². The van der Waals surface area contributed by atoms with Gasteiger partial charge in [0.2, 0.25) is 0 Å². The summed E-state index contributed by atoms with van der Waals surface area (Å²) >= 11 is 1.76. The van der Waals surface area contributed by atoms with Crippen molar-refractivity contribution in [2.45, 2.75) is 77.9 Å². The fourth-order valence-electron chi connectivity index (χ4n) is 4.66. The number of thiazole rings is 1. The van der Waals surface area contributed by atoms with E-state index in [9.17, 15) is 0 Å². The number of aromatic nitrogens is 1. The van der Waals surface area contributed by atoms with Gasteiger partial charge < -0.3 is 14.5 Å². The van der Waals surface area contributed by atoms with E-state index in [1.165, 1.54) is 5.57 Å². The number of ether oxygens (including phenoxy) is 1. The first-order valence-corrected chi connectivity index (χ1v) is 12.4. The molecule has 4 rings (SSSR count). The lowest BCUT2D eigenvalue weighted by molar-refractivity contribution is 0.124. The number of amidine groups is 1. The Balaban J connectivity index is 1.58. The lowest BCUT2D eigenvalue weighted by Gasteiger charge is -2.33. The van der Waals surface area contributed by atoms with Gasteiger partial charge in [-0.05, 0) is 44.6 Å². The van der Waals surface area contributed by atoms with E-state index in [0.717, 1.165) is 79.9 Å². The molecule has 30 heavy (non-hydrogen) atoms. The molecule has 1 fully saturated rings. The summed E-state index contributed by atoms with van der Waals surface area (Å²) in [6, 6.07) is 0.980. The minimum atomic E-state index is 0.173. The molecule has 0 N–H and O–H groups in total. The minimum Gasteiger partial charge on any atom is -0.381 e. The summed E-state index contributed by atoms with van der Waals surface area (Å²) in [5, 5.41) is 1.11. The molecule has 6 nitrogen and oxygen atoms in total. The van der Waals surface area contributed by atoms with Gasteiger partial charge in [0.25, 0.3) is 0 Å². The number of anilines is 1. The molecule has 0 spiro atoms. The summed E-state index contributed by atoms with van der Waals surface area (Å²) in [7, 11) is 0. The fraction of sp³-hybridized carbons (Fsp3) is 0.696. The highest BCUT2D eigenvalue weighted by atomic mass is 32.1. The number of rotatable bonds is 6. The molecule has 0 aliphatic carbocycles. The maximum absolute atomic E-state index is 5.60. The van der Waals surface area contributed by atoms with Gasteiger partial charge in [-0.25, -0.2) is 9.98 Å². The molecule has 7 heteroatoms. The minimum absolute atomic E-state index is 0.173. The highest BCUT2D eigenvalue weighted by Crippen LogP contribution is 2.34. The largest absolute Gasteiger partial charge is 0.381 e. The van der Waals surface area contributed by atoms with E-state index in [4.69, 9.17) is 19.7 Å². The summed E-state index contributed by atoms with van der Waals surface area (Å²) in [5.74, 6) is 0.867. The van der Waals surface area contributed by atoms with E-state index in [1.54, 1.807) is 11.3 Å². The van der Waals surface area contributed by atoms with Crippen LogP contribution >= 0.6 is 11.3 Å². The van der Waals surface area contributed by atoms with E-state index >= 15 is 0 Å². The van der Waals surface area contributed by atoms with E-state index in [1.807, 2.05) is 0 Å². The Morgan fingerprint density at radius 3 is 2.57 bits per heavy atom. The van der Waals surface area contributed by atoms with Gasteiger partial charge >= 0.3 is 0 Å². The summed E-state index contributed by atoms with van der Waals surface area (Å²) in [6.45, 7) is 12.6. The van der Waals surface area contributed by atoms with Crippen molar-refractivity contribution >= 4 is 28.5 Å². The van der Waals surface area contributed by atoms with Crippen molar-refractivity contribution in [3.8, 4) is 0 Å². The Labute approximate surface area is 184 Å². The van der Waals surface area contributed by atoms with Crippen LogP contribution in [0.3, 0.4) is 0 Å². The molecule has 1 aromatic heterocycles. The SMILES string of the molecule is CCc1nc(N2CCCOCCC2)sc1C1=NC2C(C)=CN(C(CC)CC)C2C=N1. The van der Waals surface area contributed by atoms with Crippen LogP contribution in [0.1, 0.15) is 63.9 Å². The monoisotopic (exact) mass is 429 g/mol. The molecule has 0 amide bonds. The normalized spacial score (nSPS) is 24.6. The predicted molar refractivity (Wildman–Crippen MR) is 126 cm³/mol. The van der Waals surface area contributed by atoms with Gasteiger partial charge in [0.15, 0.2) is 11.0 Å². The van der Waals surface area contributed by atoms with Gasteiger partial charge in [-0.2, -0.15) is 0 Å². The van der Waals surface area contributed by atoms with Crippen LogP contribution in [0.15, 0.2) is 21.8 Å². The third-order valence-electron chi connectivity index (χ3n) is 6.39. The smallest absolute Gasteiger partial charge is 0.186 e. The fourth-order valence-corrected chi connectivity index (χ4v) is 5.82. The molecule has 0 saturated carbocycles. The molecule has 1 saturated heterocycles. The zero-order valence-corrected chi connectivity index (χ0v) is 19.6. The molecule has 0 radical (unpaired) electrons. The van der Waals surface area contributed by atoms with Crippen LogP contribution in [-0.2, 0) is 11.2 Å². The molecule has 4 heterocycles. The molecule has 0 aromatic carbocycles. The van der Waals surface area contributed by atoms with Gasteiger partial charge in [-0.3, -0.25) is 4.99 Å². The zero-order chi connectivity index (χ0) is 21.1. The molecule has 1 aromatic rings. The molecule has 3 aliphatic heterocycles. The van der Waals surface area contributed by atoms with Crippen LogP contribution in [0.25, 0.3) is 0 Å². The second kappa shape index (κ2) is 9.60. The lowest BCUT2D eigenvalue weighted by Crippen LogP contribution is -2.43. The van der Waals surface area contributed by atoms with Crippen molar-refractivity contribution in [3.63, 3.8) is 0 Å². The van der Waals surface area contributed by atoms with E-state index in [-0.39, 0.29) is 12.1 Å². The maximum atomic E-state index is 5.60. The number of aryl methyl sites for hydroxylation is 1. The molecule has 2 atom stereocenters. The molecule has 3 aliphatic rings. The maximum Gasteiger partial charge on any atom is 0.186 e. The summed E-state index contributed by atoms with van der Waals surface area (Å²) < 4.78 is 5.60. The van der Waals surface area contributed by atoms with Crippen molar-refractivity contribution in [2.75, 3.05) is 31.2 Å². The Hall–Kier alpha value is -1.73. The van der Waals surface area contributed by atoms with Crippen molar-refractivity contribution in [1.82, 2.24) is 9.88 Å². The van der Waals surface area contributed by atoms with E-state index in [2.05, 4.69) is 49.9 Å². The Morgan fingerprint density at radius 2 is 1.90 bits per heavy atom. The topological polar surface area (TPSA) is 53.3 Å². The average molecular weight is 430 g/mol. The number of hydrogen-bond donors (Lipinski definition) is 0. The van der Waals surface area contributed by atoms with E-state index in [0.29, 0.717) is 6.04 Å². The third kappa shape index (κ3) is 4.19. The first kappa shape index (κ1) is 21.5.